The van der Waals surface area contributed by atoms with Crippen LogP contribution in [-0.2, 0) is 0 Å². The van der Waals surface area contributed by atoms with Crippen LogP contribution in [0.3, 0.4) is 0 Å². The summed E-state index contributed by atoms with van der Waals surface area (Å²) < 4.78 is 2.01. The van der Waals surface area contributed by atoms with Crippen molar-refractivity contribution in [2.24, 2.45) is 0 Å². The second kappa shape index (κ2) is 7.74. The van der Waals surface area contributed by atoms with E-state index in [1.165, 1.54) is 0 Å². The Morgan fingerprint density at radius 1 is 1.47 bits per heavy atom. The minimum absolute atomic E-state index is 0. The normalized spacial score (nSPS) is 11.5. The van der Waals surface area contributed by atoms with E-state index < -0.39 is 0 Å². The van der Waals surface area contributed by atoms with Gasteiger partial charge in [0.2, 0.25) is 6.20 Å². The van der Waals surface area contributed by atoms with Crippen molar-refractivity contribution in [2.45, 2.75) is 13.0 Å². The molecule has 15 heavy (non-hydrogen) atoms. The van der Waals surface area contributed by atoms with E-state index in [1.807, 2.05) is 30.9 Å². The first kappa shape index (κ1) is 16.9. The number of rotatable bonds is 3. The van der Waals surface area contributed by atoms with Gasteiger partial charge >= 0.3 is 0 Å². The Labute approximate surface area is 104 Å². The molecule has 0 fully saturated rings. The molecule has 0 aliphatic heterocycles. The van der Waals surface area contributed by atoms with Crippen LogP contribution in [0.25, 0.3) is 0 Å². The van der Waals surface area contributed by atoms with Crippen molar-refractivity contribution in [2.75, 3.05) is 20.6 Å². The van der Waals surface area contributed by atoms with E-state index in [0.29, 0.717) is 11.8 Å². The van der Waals surface area contributed by atoms with Crippen molar-refractivity contribution in [1.29, 1.82) is 0 Å². The summed E-state index contributed by atoms with van der Waals surface area (Å²) in [6.45, 7) is 3.09. The molecule has 0 spiro atoms. The third kappa shape index (κ3) is 5.82. The van der Waals surface area contributed by atoms with Gasteiger partial charge in [-0.25, -0.2) is 0 Å². The number of hydrogen-bond donors (Lipinski definition) is 1. The highest BCUT2D eigenvalue weighted by Gasteiger charge is 2.12. The van der Waals surface area contributed by atoms with E-state index in [-0.39, 0.29) is 24.8 Å². The van der Waals surface area contributed by atoms with Gasteiger partial charge in [0.25, 0.3) is 0 Å². The Kier molecular flexibility index (Phi) is 8.72. The standard InChI is InChI=1S/C10H16N2O.2ClH/c1-9(7-11(2)3)12-6-4-5-10(13)8-12;;/h4-6,8-9H,7H2,1-3H3;2*1H. The Bertz CT molecular complexity index is 282. The van der Waals surface area contributed by atoms with Crippen molar-refractivity contribution < 1.29 is 22.1 Å². The lowest BCUT2D eigenvalue weighted by Crippen LogP contribution is -3.00. The number of likely N-dealkylation sites (N-methyl/N-ethyl adjacent to an activating group) is 1. The fraction of sp³-hybridized carbons (Fsp3) is 0.500. The molecule has 0 radical (unpaired) electrons. The molecule has 1 aromatic rings. The Morgan fingerprint density at radius 2 is 2.07 bits per heavy atom. The fourth-order valence-corrected chi connectivity index (χ4v) is 1.38. The van der Waals surface area contributed by atoms with Gasteiger partial charge in [0.1, 0.15) is 0 Å². The van der Waals surface area contributed by atoms with Gasteiger partial charge < -0.3 is 22.4 Å². The number of aromatic hydroxyl groups is 1. The zero-order valence-electron chi connectivity index (χ0n) is 9.22. The average Bonchev–Trinajstić information content (AvgIpc) is 2.03. The Balaban J connectivity index is 0. The highest BCUT2D eigenvalue weighted by molar-refractivity contribution is 5.85. The number of aromatic nitrogens is 1. The van der Waals surface area contributed by atoms with Gasteiger partial charge in [0.15, 0.2) is 18.0 Å². The minimum Gasteiger partial charge on any atom is -1.00 e. The van der Waals surface area contributed by atoms with E-state index >= 15 is 0 Å². The van der Waals surface area contributed by atoms with Crippen LogP contribution in [0, 0.1) is 0 Å². The lowest BCUT2D eigenvalue weighted by Gasteiger charge is -2.12. The first-order chi connectivity index (χ1) is 6.09. The predicted molar refractivity (Wildman–Crippen MR) is 58.8 cm³/mol. The molecule has 0 bridgehead atoms. The molecule has 0 saturated carbocycles. The Hall–Kier alpha value is -0.510. The van der Waals surface area contributed by atoms with E-state index in [2.05, 4.69) is 11.8 Å². The van der Waals surface area contributed by atoms with Gasteiger partial charge in [-0.2, -0.15) is 4.57 Å². The summed E-state index contributed by atoms with van der Waals surface area (Å²) in [7, 11) is 4.08. The summed E-state index contributed by atoms with van der Waals surface area (Å²) in [4.78, 5) is 2.13. The van der Waals surface area contributed by atoms with E-state index in [9.17, 15) is 5.11 Å². The molecule has 0 amide bonds. The number of halogens is 2. The molecule has 1 atom stereocenters. The van der Waals surface area contributed by atoms with E-state index in [0.717, 1.165) is 6.54 Å². The van der Waals surface area contributed by atoms with Crippen LogP contribution in [0.4, 0.5) is 0 Å². The summed E-state index contributed by atoms with van der Waals surface area (Å²) in [6.07, 6.45) is 3.71. The molecule has 1 heterocycles. The summed E-state index contributed by atoms with van der Waals surface area (Å²) in [5.41, 5.74) is 0. The molecular formula is C10H18Cl2N2O. The van der Waals surface area contributed by atoms with Gasteiger partial charge in [-0.1, -0.05) is 0 Å². The molecule has 1 aromatic heterocycles. The fourth-order valence-electron chi connectivity index (χ4n) is 1.38. The molecule has 0 saturated heterocycles. The van der Waals surface area contributed by atoms with E-state index in [1.54, 1.807) is 12.3 Å². The zero-order valence-corrected chi connectivity index (χ0v) is 10.8. The predicted octanol–water partition coefficient (Wildman–Crippen LogP) is -1.77. The maximum Gasteiger partial charge on any atom is 0.211 e. The molecule has 0 aromatic carbocycles. The molecule has 3 nitrogen and oxygen atoms in total. The van der Waals surface area contributed by atoms with Gasteiger partial charge in [0.05, 0.1) is 6.54 Å². The van der Waals surface area contributed by atoms with Crippen molar-refractivity contribution in [3.63, 3.8) is 0 Å². The summed E-state index contributed by atoms with van der Waals surface area (Å²) >= 11 is 0. The third-order valence-electron chi connectivity index (χ3n) is 1.94. The van der Waals surface area contributed by atoms with Crippen LogP contribution in [-0.4, -0.2) is 30.6 Å². The lowest BCUT2D eigenvalue weighted by atomic mass is 10.3. The number of hydrogen-bond acceptors (Lipinski definition) is 2. The molecule has 1 rings (SSSR count). The van der Waals surface area contributed by atoms with Crippen LogP contribution < -0.4 is 17.0 Å². The number of pyridine rings is 1. The van der Waals surface area contributed by atoms with E-state index in [4.69, 9.17) is 0 Å². The van der Waals surface area contributed by atoms with Crippen LogP contribution in [0.1, 0.15) is 13.0 Å². The summed E-state index contributed by atoms with van der Waals surface area (Å²) in [6, 6.07) is 3.91. The molecule has 0 aliphatic rings. The molecule has 0 aliphatic carbocycles. The van der Waals surface area contributed by atoms with Crippen molar-refractivity contribution in [1.82, 2.24) is 4.90 Å². The van der Waals surface area contributed by atoms with Crippen molar-refractivity contribution in [3.8, 4) is 5.75 Å². The monoisotopic (exact) mass is 252 g/mol. The maximum absolute atomic E-state index is 9.26. The van der Waals surface area contributed by atoms with Crippen LogP contribution in [0.15, 0.2) is 24.5 Å². The lowest BCUT2D eigenvalue weighted by molar-refractivity contribution is -0.719. The molecule has 88 valence electrons. The van der Waals surface area contributed by atoms with Crippen LogP contribution >= 0.6 is 12.4 Å². The smallest absolute Gasteiger partial charge is 0.211 e. The third-order valence-corrected chi connectivity index (χ3v) is 1.94. The average molecular weight is 253 g/mol. The van der Waals surface area contributed by atoms with Crippen molar-refractivity contribution in [3.05, 3.63) is 24.5 Å². The highest BCUT2D eigenvalue weighted by Crippen LogP contribution is 2.04. The highest BCUT2D eigenvalue weighted by atomic mass is 35.5. The van der Waals surface area contributed by atoms with Gasteiger partial charge in [-0.3, -0.25) is 0 Å². The second-order valence-electron chi connectivity index (χ2n) is 3.62. The summed E-state index contributed by atoms with van der Waals surface area (Å²) in [5.74, 6) is 0.313. The minimum atomic E-state index is 0. The largest absolute Gasteiger partial charge is 1.00 e. The first-order valence-corrected chi connectivity index (χ1v) is 4.44. The molecule has 1 unspecified atom stereocenters. The molecule has 5 heteroatoms. The number of nitrogens with zero attached hydrogens (tertiary/aromatic N) is 2. The molecule has 1 N–H and O–H groups in total. The summed E-state index contributed by atoms with van der Waals surface area (Å²) in [5, 5.41) is 9.26. The Morgan fingerprint density at radius 3 is 2.53 bits per heavy atom. The second-order valence-corrected chi connectivity index (χ2v) is 3.62. The first-order valence-electron chi connectivity index (χ1n) is 4.44. The zero-order chi connectivity index (χ0) is 9.84. The van der Waals surface area contributed by atoms with Gasteiger partial charge in [-0.05, 0) is 27.1 Å². The van der Waals surface area contributed by atoms with Gasteiger partial charge in [0, 0.05) is 6.07 Å². The molecular weight excluding hydrogens is 235 g/mol. The topological polar surface area (TPSA) is 27.4 Å². The SMILES string of the molecule is CC(CN(C)C)[n+]1cccc(O)c1.Cl.[Cl-]. The van der Waals surface area contributed by atoms with Crippen LogP contribution in [0.2, 0.25) is 0 Å². The maximum atomic E-state index is 9.26. The van der Waals surface area contributed by atoms with Crippen molar-refractivity contribution >= 4 is 12.4 Å². The quantitative estimate of drug-likeness (QED) is 0.645. The van der Waals surface area contributed by atoms with Gasteiger partial charge in [-0.15, -0.1) is 12.4 Å². The van der Waals surface area contributed by atoms with Crippen LogP contribution in [0.5, 0.6) is 5.75 Å².